The van der Waals surface area contributed by atoms with E-state index >= 15 is 0 Å². The number of hydrogen-bond donors (Lipinski definition) is 1. The molecule has 3 aromatic carbocycles. The molecule has 2 fully saturated rings. The van der Waals surface area contributed by atoms with Crippen LogP contribution in [0.4, 0.5) is 11.4 Å². The summed E-state index contributed by atoms with van der Waals surface area (Å²) in [5, 5.41) is 12.8. The Labute approximate surface area is 268 Å². The van der Waals surface area contributed by atoms with Gasteiger partial charge in [0, 0.05) is 29.2 Å². The average Bonchev–Trinajstić information content (AvgIpc) is 3.31. The van der Waals surface area contributed by atoms with Crippen LogP contribution in [0.2, 0.25) is 0 Å². The molecule has 6 atom stereocenters. The van der Waals surface area contributed by atoms with Gasteiger partial charge >= 0.3 is 0 Å². The lowest BCUT2D eigenvalue weighted by molar-refractivity contribution is -0.142. The number of carbonyl (C=O) groups is 3. The lowest BCUT2D eigenvalue weighted by atomic mass is 9.74. The van der Waals surface area contributed by atoms with Crippen LogP contribution in [-0.2, 0) is 14.4 Å². The average molecular weight is 622 g/mol. The fraction of sp³-hybridized carbons (Fsp3) is 0.378. The topological polar surface area (TPSA) is 81.2 Å². The lowest BCUT2D eigenvalue weighted by Crippen LogP contribution is -2.57. The van der Waals surface area contributed by atoms with Gasteiger partial charge in [-0.3, -0.25) is 14.4 Å². The van der Waals surface area contributed by atoms with Crippen molar-refractivity contribution in [1.29, 1.82) is 0 Å². The maximum absolute atomic E-state index is 15.0. The van der Waals surface area contributed by atoms with E-state index in [1.165, 1.54) is 0 Å². The molecule has 7 rings (SSSR count). The maximum atomic E-state index is 15.0. The normalized spacial score (nSPS) is 30.0. The molecular weight excluding hydrogens is 582 g/mol. The summed E-state index contributed by atoms with van der Waals surface area (Å²) in [5.41, 5.74) is 1.54. The van der Waals surface area contributed by atoms with Crippen molar-refractivity contribution in [3.05, 3.63) is 97.1 Å². The fourth-order valence-corrected chi connectivity index (χ4v) is 10.2. The van der Waals surface area contributed by atoms with Crippen molar-refractivity contribution in [3.8, 4) is 0 Å². The van der Waals surface area contributed by atoms with E-state index in [2.05, 4.69) is 19.9 Å². The molecule has 0 aromatic heterocycles. The molecule has 0 aliphatic carbocycles. The minimum atomic E-state index is -0.983. The number of para-hydroxylation sites is 1. The Bertz CT molecular complexity index is 1720. The fourth-order valence-electron chi connectivity index (χ4n) is 8.09. The summed E-state index contributed by atoms with van der Waals surface area (Å²) in [5.74, 6) is -1.79. The molecule has 0 radical (unpaired) electrons. The van der Waals surface area contributed by atoms with Crippen LogP contribution in [-0.4, -0.2) is 69.0 Å². The predicted molar refractivity (Wildman–Crippen MR) is 180 cm³/mol. The first kappa shape index (κ1) is 29.8. The Morgan fingerprint density at radius 1 is 0.800 bits per heavy atom. The molecule has 1 spiro atoms. The highest BCUT2D eigenvalue weighted by atomic mass is 32.2. The molecule has 4 aliphatic heterocycles. The van der Waals surface area contributed by atoms with Crippen molar-refractivity contribution in [2.75, 3.05) is 29.5 Å². The van der Waals surface area contributed by atoms with E-state index in [0.29, 0.717) is 19.5 Å². The number of benzene rings is 3. The first-order valence-corrected chi connectivity index (χ1v) is 16.7. The quantitative estimate of drug-likeness (QED) is 0.371. The molecule has 4 aliphatic rings. The molecule has 0 bridgehead atoms. The number of hydrogen-bond acceptors (Lipinski definition) is 5. The van der Waals surface area contributed by atoms with Crippen molar-refractivity contribution in [3.63, 3.8) is 0 Å². The van der Waals surface area contributed by atoms with Crippen molar-refractivity contribution in [1.82, 2.24) is 4.90 Å². The zero-order valence-electron chi connectivity index (χ0n) is 25.9. The highest BCUT2D eigenvalue weighted by Crippen LogP contribution is 2.66. The van der Waals surface area contributed by atoms with Crippen LogP contribution in [0.5, 0.6) is 0 Å². The Hall–Kier alpha value is -3.88. The van der Waals surface area contributed by atoms with Crippen LogP contribution in [0, 0.1) is 17.8 Å². The number of carbonyl (C=O) groups excluding carboxylic acids is 3. The van der Waals surface area contributed by atoms with Gasteiger partial charge in [-0.1, -0.05) is 86.7 Å². The SMILES string of the molecule is CC(C)C[C@H](CO)N1C(=O)[C@@H]2[C@@H]3C(=O)N(c4ccccc4)CC=C[C@]3(C)S[C@@]23C=CCN(c2ccc4ccccc4c2)C(=O)C13. The van der Waals surface area contributed by atoms with Crippen LogP contribution in [0.3, 0.4) is 0 Å². The molecule has 8 heteroatoms. The molecule has 3 amide bonds. The number of fused-ring (bicyclic) bond motifs is 3. The van der Waals surface area contributed by atoms with Gasteiger partial charge in [0.1, 0.15) is 6.04 Å². The van der Waals surface area contributed by atoms with E-state index in [9.17, 15) is 19.5 Å². The van der Waals surface area contributed by atoms with Crippen molar-refractivity contribution in [2.45, 2.75) is 48.8 Å². The minimum Gasteiger partial charge on any atom is -0.394 e. The number of likely N-dealkylation sites (tertiary alicyclic amines) is 1. The molecule has 45 heavy (non-hydrogen) atoms. The van der Waals surface area contributed by atoms with Crippen LogP contribution in [0.25, 0.3) is 10.8 Å². The Balaban J connectivity index is 1.37. The summed E-state index contributed by atoms with van der Waals surface area (Å²) in [6.45, 7) is 6.65. The summed E-state index contributed by atoms with van der Waals surface area (Å²) in [7, 11) is 0. The first-order chi connectivity index (χ1) is 21.7. The Kier molecular flexibility index (Phi) is 7.40. The zero-order valence-corrected chi connectivity index (χ0v) is 26.7. The Morgan fingerprint density at radius 3 is 2.18 bits per heavy atom. The summed E-state index contributed by atoms with van der Waals surface area (Å²) in [6, 6.07) is 22.2. The summed E-state index contributed by atoms with van der Waals surface area (Å²) < 4.78 is -1.69. The van der Waals surface area contributed by atoms with Gasteiger partial charge in [-0.25, -0.2) is 0 Å². The van der Waals surface area contributed by atoms with Gasteiger partial charge in [0.2, 0.25) is 11.8 Å². The zero-order chi connectivity index (χ0) is 31.5. The van der Waals surface area contributed by atoms with Crippen LogP contribution < -0.4 is 9.80 Å². The van der Waals surface area contributed by atoms with Gasteiger partial charge in [-0.05, 0) is 54.3 Å². The van der Waals surface area contributed by atoms with E-state index in [1.807, 2.05) is 97.9 Å². The first-order valence-electron chi connectivity index (χ1n) is 15.8. The molecule has 2 saturated heterocycles. The smallest absolute Gasteiger partial charge is 0.251 e. The number of amides is 3. The molecule has 1 N–H and O–H groups in total. The predicted octanol–water partition coefficient (Wildman–Crippen LogP) is 5.44. The van der Waals surface area contributed by atoms with Crippen LogP contribution in [0.1, 0.15) is 27.2 Å². The highest BCUT2D eigenvalue weighted by molar-refractivity contribution is 8.02. The van der Waals surface area contributed by atoms with E-state index < -0.39 is 33.4 Å². The number of anilines is 2. The molecule has 1 unspecified atom stereocenters. The Morgan fingerprint density at radius 2 is 1.47 bits per heavy atom. The lowest BCUT2D eigenvalue weighted by Gasteiger charge is -2.40. The standard InChI is InChI=1S/C37H39N3O4S/c1-24(2)21-29(23-41)40-32-35(44)39(28-16-15-25-11-7-8-12-26(25)22-28)20-10-18-37(32)31(34(40)43)30-33(42)38(27-13-5-4-6-14-27)19-9-17-36(30,3)45-37/h4-18,22,24,29-32,41H,19-21,23H2,1-3H3/t29-,30-,31+,32?,36+,37+/m1/s1. The monoisotopic (exact) mass is 621 g/mol. The third-order valence-corrected chi connectivity index (χ3v) is 11.8. The molecular formula is C37H39N3O4S. The van der Waals surface area contributed by atoms with Gasteiger partial charge in [-0.2, -0.15) is 0 Å². The second-order valence-electron chi connectivity index (χ2n) is 13.3. The number of rotatable bonds is 6. The molecule has 4 heterocycles. The largest absolute Gasteiger partial charge is 0.394 e. The number of aliphatic hydroxyl groups excluding tert-OH is 1. The van der Waals surface area contributed by atoms with Gasteiger partial charge in [0.05, 0.1) is 29.2 Å². The molecule has 0 saturated carbocycles. The van der Waals surface area contributed by atoms with E-state index in [1.54, 1.807) is 26.5 Å². The van der Waals surface area contributed by atoms with Crippen molar-refractivity contribution in [2.24, 2.45) is 17.8 Å². The summed E-state index contributed by atoms with van der Waals surface area (Å²) in [6.07, 6.45) is 8.68. The number of aliphatic hydroxyl groups is 1. The van der Waals surface area contributed by atoms with Gasteiger partial charge < -0.3 is 19.8 Å². The van der Waals surface area contributed by atoms with Gasteiger partial charge in [0.15, 0.2) is 0 Å². The highest BCUT2D eigenvalue weighted by Gasteiger charge is 2.74. The van der Waals surface area contributed by atoms with Crippen LogP contribution in [0.15, 0.2) is 97.1 Å². The van der Waals surface area contributed by atoms with E-state index in [4.69, 9.17) is 0 Å². The van der Waals surface area contributed by atoms with Gasteiger partial charge in [-0.15, -0.1) is 11.8 Å². The molecule has 3 aromatic rings. The molecule has 7 nitrogen and oxygen atoms in total. The summed E-state index contributed by atoms with van der Waals surface area (Å²) >= 11 is 1.57. The third-order valence-electron chi connectivity index (χ3n) is 9.96. The maximum Gasteiger partial charge on any atom is 0.251 e. The van der Waals surface area contributed by atoms with Gasteiger partial charge in [0.25, 0.3) is 5.91 Å². The summed E-state index contributed by atoms with van der Waals surface area (Å²) in [4.78, 5) is 49.7. The van der Waals surface area contributed by atoms with E-state index in [0.717, 1.165) is 22.1 Å². The van der Waals surface area contributed by atoms with Crippen LogP contribution >= 0.6 is 11.8 Å². The minimum absolute atomic E-state index is 0.113. The molecule has 232 valence electrons. The number of nitrogens with zero attached hydrogens (tertiary/aromatic N) is 3. The van der Waals surface area contributed by atoms with Crippen molar-refractivity contribution >= 4 is 51.6 Å². The number of thioether (sulfide) groups is 1. The van der Waals surface area contributed by atoms with Crippen molar-refractivity contribution < 1.29 is 19.5 Å². The van der Waals surface area contributed by atoms with E-state index in [-0.39, 0.29) is 30.2 Å². The second kappa shape index (κ2) is 11.2. The third kappa shape index (κ3) is 4.64. The second-order valence-corrected chi connectivity index (χ2v) is 15.1.